The Morgan fingerprint density at radius 2 is 2.10 bits per heavy atom. The molecule has 8 nitrogen and oxygen atoms in total. The minimum Gasteiger partial charge on any atom is -0.352 e. The Balaban J connectivity index is 0.00000300. The molecular weight excluding hydrogens is 479 g/mol. The van der Waals surface area contributed by atoms with E-state index in [1.165, 1.54) is 5.56 Å². The zero-order valence-corrected chi connectivity index (χ0v) is 19.9. The highest BCUT2D eigenvalue weighted by Crippen LogP contribution is 2.18. The summed E-state index contributed by atoms with van der Waals surface area (Å²) in [7, 11) is 5.80. The van der Waals surface area contributed by atoms with Gasteiger partial charge in [0.1, 0.15) is 0 Å². The molecule has 0 radical (unpaired) electrons. The SMILES string of the molecule is CN=C(NCc1ccnc(-n2cccn2)c1)N(C)Cc1cn(C)nc1C(C)C.I. The number of hydrogen-bond acceptors (Lipinski definition) is 4. The summed E-state index contributed by atoms with van der Waals surface area (Å²) < 4.78 is 3.63. The third-order valence-corrected chi connectivity index (χ3v) is 4.46. The number of rotatable bonds is 6. The van der Waals surface area contributed by atoms with Gasteiger partial charge < -0.3 is 10.2 Å². The van der Waals surface area contributed by atoms with E-state index in [0.717, 1.165) is 29.6 Å². The maximum absolute atomic E-state index is 4.59. The summed E-state index contributed by atoms with van der Waals surface area (Å²) >= 11 is 0. The first kappa shape index (κ1) is 22.9. The average Bonchev–Trinajstić information content (AvgIpc) is 3.32. The van der Waals surface area contributed by atoms with Crippen LogP contribution in [0.15, 0.2) is 48.0 Å². The molecule has 0 aliphatic carbocycles. The van der Waals surface area contributed by atoms with Gasteiger partial charge in [0, 0.05) is 64.6 Å². The van der Waals surface area contributed by atoms with E-state index in [1.54, 1.807) is 24.1 Å². The van der Waals surface area contributed by atoms with Gasteiger partial charge in [-0.3, -0.25) is 9.67 Å². The van der Waals surface area contributed by atoms with Gasteiger partial charge in [0.2, 0.25) is 0 Å². The molecule has 0 saturated carbocycles. The lowest BCUT2D eigenvalue weighted by molar-refractivity contribution is 0.473. The fraction of sp³-hybridized carbons (Fsp3) is 0.400. The molecule has 0 aliphatic rings. The molecule has 0 fully saturated rings. The number of halogens is 1. The molecule has 3 aromatic rings. The molecule has 0 spiro atoms. The van der Waals surface area contributed by atoms with Crippen LogP contribution < -0.4 is 5.32 Å². The van der Waals surface area contributed by atoms with Crippen molar-refractivity contribution in [1.29, 1.82) is 0 Å². The topological polar surface area (TPSA) is 76.2 Å². The van der Waals surface area contributed by atoms with Gasteiger partial charge >= 0.3 is 0 Å². The molecule has 9 heteroatoms. The number of guanidine groups is 1. The zero-order valence-electron chi connectivity index (χ0n) is 17.6. The number of hydrogen-bond donors (Lipinski definition) is 1. The van der Waals surface area contributed by atoms with Gasteiger partial charge in [-0.15, -0.1) is 24.0 Å². The largest absolute Gasteiger partial charge is 0.352 e. The average molecular weight is 508 g/mol. The summed E-state index contributed by atoms with van der Waals surface area (Å²) in [4.78, 5) is 10.9. The monoisotopic (exact) mass is 508 g/mol. The smallest absolute Gasteiger partial charge is 0.193 e. The molecule has 3 rings (SSSR count). The van der Waals surface area contributed by atoms with Gasteiger partial charge in [-0.2, -0.15) is 10.2 Å². The number of aryl methyl sites for hydroxylation is 1. The number of aromatic nitrogens is 5. The number of nitrogens with one attached hydrogen (secondary N) is 1. The summed E-state index contributed by atoms with van der Waals surface area (Å²) in [6.45, 7) is 5.73. The van der Waals surface area contributed by atoms with Crippen molar-refractivity contribution < 1.29 is 0 Å². The molecule has 3 heterocycles. The van der Waals surface area contributed by atoms with Gasteiger partial charge in [-0.05, 0) is 29.7 Å². The molecule has 1 N–H and O–H groups in total. The summed E-state index contributed by atoms with van der Waals surface area (Å²) in [6, 6.07) is 5.89. The molecule has 0 aliphatic heterocycles. The summed E-state index contributed by atoms with van der Waals surface area (Å²) in [5, 5.41) is 12.2. The Morgan fingerprint density at radius 1 is 1.31 bits per heavy atom. The molecule has 3 aromatic heterocycles. The van der Waals surface area contributed by atoms with Crippen LogP contribution in [0.2, 0.25) is 0 Å². The Labute approximate surface area is 189 Å². The van der Waals surface area contributed by atoms with Crippen LogP contribution in [0.25, 0.3) is 5.82 Å². The molecule has 0 aromatic carbocycles. The van der Waals surface area contributed by atoms with Crippen LogP contribution in [0.3, 0.4) is 0 Å². The molecule has 156 valence electrons. The Morgan fingerprint density at radius 3 is 2.76 bits per heavy atom. The molecule has 29 heavy (non-hydrogen) atoms. The van der Waals surface area contributed by atoms with Crippen LogP contribution in [-0.2, 0) is 20.1 Å². The van der Waals surface area contributed by atoms with Crippen LogP contribution in [0.5, 0.6) is 0 Å². The maximum atomic E-state index is 4.59. The van der Waals surface area contributed by atoms with E-state index < -0.39 is 0 Å². The van der Waals surface area contributed by atoms with Gasteiger partial charge in [-0.1, -0.05) is 13.8 Å². The Kier molecular flexibility index (Phi) is 8.18. The van der Waals surface area contributed by atoms with E-state index in [0.29, 0.717) is 12.5 Å². The zero-order chi connectivity index (χ0) is 20.1. The third kappa shape index (κ3) is 5.78. The first-order chi connectivity index (χ1) is 13.5. The van der Waals surface area contributed by atoms with Crippen LogP contribution in [-0.4, -0.2) is 49.5 Å². The van der Waals surface area contributed by atoms with E-state index in [4.69, 9.17) is 0 Å². The van der Waals surface area contributed by atoms with Gasteiger partial charge in [0.05, 0.1) is 5.69 Å². The van der Waals surface area contributed by atoms with E-state index >= 15 is 0 Å². The van der Waals surface area contributed by atoms with Crippen molar-refractivity contribution in [3.05, 3.63) is 59.8 Å². The highest BCUT2D eigenvalue weighted by Gasteiger charge is 2.15. The maximum Gasteiger partial charge on any atom is 0.193 e. The Hall–Kier alpha value is -2.43. The number of pyridine rings is 1. The van der Waals surface area contributed by atoms with Crippen molar-refractivity contribution in [3.8, 4) is 5.82 Å². The van der Waals surface area contributed by atoms with Crippen molar-refractivity contribution in [2.24, 2.45) is 12.0 Å². The van der Waals surface area contributed by atoms with E-state index in [2.05, 4.69) is 50.4 Å². The third-order valence-electron chi connectivity index (χ3n) is 4.46. The van der Waals surface area contributed by atoms with Crippen molar-refractivity contribution >= 4 is 29.9 Å². The normalized spacial score (nSPS) is 11.4. The lowest BCUT2D eigenvalue weighted by atomic mass is 10.1. The second-order valence-electron chi connectivity index (χ2n) is 7.10. The second kappa shape index (κ2) is 10.4. The fourth-order valence-electron chi connectivity index (χ4n) is 3.16. The summed E-state index contributed by atoms with van der Waals surface area (Å²) in [6.07, 6.45) is 7.50. The predicted molar refractivity (Wildman–Crippen MR) is 126 cm³/mol. The molecule has 0 unspecified atom stereocenters. The first-order valence-corrected chi connectivity index (χ1v) is 9.37. The number of aliphatic imine (C=N–C) groups is 1. The highest BCUT2D eigenvalue weighted by molar-refractivity contribution is 14.0. The molecule has 0 saturated heterocycles. The van der Waals surface area contributed by atoms with Crippen LogP contribution in [0.1, 0.15) is 36.6 Å². The molecule has 0 amide bonds. The summed E-state index contributed by atoms with van der Waals surface area (Å²) in [5.74, 6) is 2.01. The minimum atomic E-state index is 0. The molecule has 0 atom stereocenters. The molecule has 0 bridgehead atoms. The first-order valence-electron chi connectivity index (χ1n) is 9.37. The van der Waals surface area contributed by atoms with Gasteiger partial charge in [0.15, 0.2) is 11.8 Å². The quantitative estimate of drug-likeness (QED) is 0.315. The highest BCUT2D eigenvalue weighted by atomic mass is 127. The van der Waals surface area contributed by atoms with Gasteiger partial charge in [0.25, 0.3) is 0 Å². The Bertz CT molecular complexity index is 930. The summed E-state index contributed by atoms with van der Waals surface area (Å²) in [5.41, 5.74) is 3.45. The van der Waals surface area contributed by atoms with Crippen molar-refractivity contribution in [2.75, 3.05) is 14.1 Å². The van der Waals surface area contributed by atoms with E-state index in [1.807, 2.05) is 43.2 Å². The van der Waals surface area contributed by atoms with Crippen molar-refractivity contribution in [3.63, 3.8) is 0 Å². The standard InChI is InChI=1S/C20H28N8.HI/c1-15(2)19-17(14-27(5)25-19)13-26(4)20(21-3)23-12-16-7-9-22-18(11-16)28-10-6-8-24-28;/h6-11,14-15H,12-13H2,1-5H3,(H,21,23);1H. The van der Waals surface area contributed by atoms with E-state index in [-0.39, 0.29) is 24.0 Å². The van der Waals surface area contributed by atoms with Crippen LogP contribution in [0.4, 0.5) is 0 Å². The van der Waals surface area contributed by atoms with Crippen molar-refractivity contribution in [2.45, 2.75) is 32.9 Å². The van der Waals surface area contributed by atoms with Crippen molar-refractivity contribution in [1.82, 2.24) is 34.8 Å². The molecular formula is C20H29IN8. The van der Waals surface area contributed by atoms with E-state index in [9.17, 15) is 0 Å². The predicted octanol–water partition coefficient (Wildman–Crippen LogP) is 2.95. The lowest BCUT2D eigenvalue weighted by Crippen LogP contribution is -2.38. The minimum absolute atomic E-state index is 0. The number of nitrogens with zero attached hydrogens (tertiary/aromatic N) is 7. The van der Waals surface area contributed by atoms with Crippen LogP contribution in [0, 0.1) is 0 Å². The van der Waals surface area contributed by atoms with Crippen LogP contribution >= 0.6 is 24.0 Å². The fourth-order valence-corrected chi connectivity index (χ4v) is 3.16. The second-order valence-corrected chi connectivity index (χ2v) is 7.10. The van der Waals surface area contributed by atoms with Gasteiger partial charge in [-0.25, -0.2) is 9.67 Å². The lowest BCUT2D eigenvalue weighted by Gasteiger charge is -2.22.